The first kappa shape index (κ1) is 63.3. The molecule has 1 aromatic heterocycles. The fourth-order valence-corrected chi connectivity index (χ4v) is 22.8. The minimum atomic E-state index is -1.95. The standard InChI is InChI=1S/C68H95N5O11S2/c1-5-6-7-21-67-53-37-86-85-36-45(39-13-16-46(75)17-14-39)27-47(76)33-73-58(61(67)80)57-52(64(67,3)31-54(77)59(53)79)19-22-66(23-25-72-63(69)70)60-42(30-68(57,66)83)10-8-9-41(51-35-84-62(81)56(51)43-20-24-71-32-43)28-50-48(44(34-74)29-55(78)65(60,4)82)18-15-40-12-11-38(2)26-49(40)50/h13-17,20,24,32,38,41-42,44-45,48-56,59-60,71,73-75,77-79,82-83H,5-7,10-12,18-19,21-23,25-31,33-37H2,1-4H3,(H4,69,70,72). The fraction of sp³-hybridized carbons (Fsp3) is 0.706. The van der Waals surface area contributed by atoms with Crippen molar-refractivity contribution in [3.8, 4) is 17.6 Å². The summed E-state index contributed by atoms with van der Waals surface area (Å²) in [6.07, 6.45) is 10.6. The Bertz CT molecular complexity index is 2970. The number of hydrogen-bond acceptors (Lipinski definition) is 15. The summed E-state index contributed by atoms with van der Waals surface area (Å²) in [5.41, 5.74) is 8.44. The second kappa shape index (κ2) is 25.2. The van der Waals surface area contributed by atoms with Crippen LogP contribution in [0.15, 0.2) is 70.6 Å². The van der Waals surface area contributed by atoms with Gasteiger partial charge < -0.3 is 62.3 Å². The first-order valence-corrected chi connectivity index (χ1v) is 34.8. The fourth-order valence-electron chi connectivity index (χ4n) is 20.0. The van der Waals surface area contributed by atoms with Crippen molar-refractivity contribution in [1.82, 2.24) is 10.3 Å². The van der Waals surface area contributed by atoms with Gasteiger partial charge in [0, 0.05) is 90.3 Å². The number of aliphatic imine (C=N–C) groups is 1. The van der Waals surface area contributed by atoms with Crippen LogP contribution in [0.5, 0.6) is 5.75 Å². The molecule has 21 atom stereocenters. The number of unbranched alkanes of at least 4 members (excludes halogenated alkanes) is 2. The van der Waals surface area contributed by atoms with Gasteiger partial charge >= 0.3 is 5.97 Å². The lowest BCUT2D eigenvalue weighted by Crippen LogP contribution is -2.71. The maximum absolute atomic E-state index is 16.9. The van der Waals surface area contributed by atoms with Gasteiger partial charge in [0.15, 0.2) is 17.5 Å². The Morgan fingerprint density at radius 3 is 2.44 bits per heavy atom. The molecule has 9 aliphatic rings. The number of cyclic esters (lactones) is 1. The number of hydrogen-bond donors (Lipinski definition) is 11. The van der Waals surface area contributed by atoms with E-state index in [1.165, 1.54) is 5.57 Å². The van der Waals surface area contributed by atoms with Gasteiger partial charge in [-0.2, -0.15) is 0 Å². The number of benzene rings is 1. The lowest BCUT2D eigenvalue weighted by Gasteiger charge is -2.67. The second-order valence-corrected chi connectivity index (χ2v) is 31.0. The van der Waals surface area contributed by atoms with Crippen LogP contribution < -0.4 is 16.8 Å². The summed E-state index contributed by atoms with van der Waals surface area (Å²) in [4.78, 5) is 53.3. The van der Waals surface area contributed by atoms with Crippen LogP contribution in [0.2, 0.25) is 0 Å². The number of aromatic amines is 1. The summed E-state index contributed by atoms with van der Waals surface area (Å²) >= 11 is 0. The van der Waals surface area contributed by atoms with E-state index in [0.29, 0.717) is 61.5 Å². The predicted octanol–water partition coefficient (Wildman–Crippen LogP) is 7.81. The van der Waals surface area contributed by atoms with E-state index in [0.717, 1.165) is 43.2 Å². The quantitative estimate of drug-likeness (QED) is 0.0195. The van der Waals surface area contributed by atoms with Crippen molar-refractivity contribution in [2.45, 2.75) is 178 Å². The number of phenolic OH excluding ortho intramolecular Hbond substituents is 1. The Labute approximate surface area is 515 Å². The normalized spacial score (nSPS) is 42.7. The number of ketones is 2. The SMILES string of the molecule is CCCCCC12C(=O)C3=C4C(CCC5(CCN=C(N)N)C6C(CC#CC(C7COC(=O)C7c7cc[nH]c7)CC7C8CC(C)CCC8=CCC7C(CO)CC(O)C6(C)O)CC45O)C1(C)CC(O)C(O)C2CSSCC(c1ccc(O)cc1)CC(=O)CN3. The van der Waals surface area contributed by atoms with Crippen molar-refractivity contribution < 1.29 is 54.9 Å². The number of phenols is 1. The highest BCUT2D eigenvalue weighted by Crippen LogP contribution is 2.75. The van der Waals surface area contributed by atoms with Gasteiger partial charge in [0.2, 0.25) is 0 Å². The zero-order valence-corrected chi connectivity index (χ0v) is 52.4. The third-order valence-electron chi connectivity index (χ3n) is 24.0. The number of nitrogens with one attached hydrogen (secondary N) is 2. The number of nitrogens with two attached hydrogens (primary N) is 2. The molecule has 13 N–H and O–H groups in total. The molecule has 4 saturated carbocycles. The van der Waals surface area contributed by atoms with E-state index >= 15 is 4.79 Å². The van der Waals surface area contributed by atoms with E-state index in [1.54, 1.807) is 40.6 Å². The van der Waals surface area contributed by atoms with Crippen LogP contribution in [0.25, 0.3) is 0 Å². The maximum atomic E-state index is 16.9. The average Bonchev–Trinajstić information content (AvgIpc) is 1.18. The largest absolute Gasteiger partial charge is 0.508 e. The molecule has 2 saturated heterocycles. The summed E-state index contributed by atoms with van der Waals surface area (Å²) in [5, 5.41) is 92.3. The van der Waals surface area contributed by atoms with Crippen LogP contribution in [0, 0.1) is 93.2 Å². The molecule has 3 heterocycles. The van der Waals surface area contributed by atoms with Gasteiger partial charge in [-0.15, -0.1) is 5.92 Å². The number of esters is 1. The summed E-state index contributed by atoms with van der Waals surface area (Å²) in [6.45, 7) is 7.92. The highest BCUT2D eigenvalue weighted by Gasteiger charge is 2.77. The van der Waals surface area contributed by atoms with Crippen molar-refractivity contribution in [2.24, 2.45) is 97.8 Å². The average molecular weight is 1220 g/mol. The van der Waals surface area contributed by atoms with Crippen LogP contribution >= 0.6 is 21.6 Å². The molecule has 0 radical (unpaired) electrons. The molecule has 0 amide bonds. The Morgan fingerprint density at radius 1 is 0.930 bits per heavy atom. The number of allylic oxidation sites excluding steroid dienone is 3. The van der Waals surface area contributed by atoms with Crippen LogP contribution in [-0.2, 0) is 19.1 Å². The molecular weight excluding hydrogens is 1130 g/mol. The van der Waals surface area contributed by atoms with Gasteiger partial charge in [-0.3, -0.25) is 19.4 Å². The first-order chi connectivity index (χ1) is 41.1. The van der Waals surface area contributed by atoms with Crippen molar-refractivity contribution in [3.63, 3.8) is 0 Å². The minimum Gasteiger partial charge on any atom is -0.508 e. The zero-order chi connectivity index (χ0) is 61.1. The number of rotatable bonds is 11. The number of aromatic nitrogens is 1. The first-order valence-electron chi connectivity index (χ1n) is 32.3. The summed E-state index contributed by atoms with van der Waals surface area (Å²) < 4.78 is 5.97. The Balaban J connectivity index is 1.10. The summed E-state index contributed by atoms with van der Waals surface area (Å²) in [5.74, 6) is 3.47. The van der Waals surface area contributed by atoms with Crippen LogP contribution in [0.1, 0.15) is 160 Å². The molecule has 2 bridgehead atoms. The molecule has 1 aromatic carbocycles. The number of Topliss-reactive ketones (excluding diaryl/α,β-unsaturated/α-hetero) is 2. The number of aliphatic hydroxyl groups excluding tert-OH is 4. The lowest BCUT2D eigenvalue weighted by molar-refractivity contribution is -0.213. The summed E-state index contributed by atoms with van der Waals surface area (Å²) in [6, 6.07) is 8.80. The highest BCUT2D eigenvalue weighted by molar-refractivity contribution is 8.76. The molecule has 11 rings (SSSR count). The van der Waals surface area contributed by atoms with Crippen LogP contribution in [0.3, 0.4) is 0 Å². The number of H-pyrrole nitrogens is 1. The number of carbonyl (C=O) groups is 3. The molecule has 6 fully saturated rings. The number of fused-ring (bicyclic) bond motifs is 10. The van der Waals surface area contributed by atoms with E-state index in [4.69, 9.17) is 16.2 Å². The van der Waals surface area contributed by atoms with E-state index in [1.807, 2.05) is 30.6 Å². The Morgan fingerprint density at radius 2 is 1.71 bits per heavy atom. The van der Waals surface area contributed by atoms with Crippen LogP contribution in [0.4, 0.5) is 0 Å². The third-order valence-corrected chi connectivity index (χ3v) is 26.6. The van der Waals surface area contributed by atoms with E-state index in [2.05, 4.69) is 54.0 Å². The van der Waals surface area contributed by atoms with Gasteiger partial charge in [0.25, 0.3) is 0 Å². The lowest BCUT2D eigenvalue weighted by atomic mass is 9.37. The number of nitrogens with zero attached hydrogens (tertiary/aromatic N) is 1. The number of guanidine groups is 1. The van der Waals surface area contributed by atoms with Gasteiger partial charge in [-0.25, -0.2) is 0 Å². The van der Waals surface area contributed by atoms with E-state index < -0.39 is 81.3 Å². The molecule has 470 valence electrons. The molecule has 21 unspecified atom stereocenters. The number of ether oxygens (including phenoxy) is 1. The van der Waals surface area contributed by atoms with Crippen LogP contribution in [-0.4, -0.2) is 132 Å². The number of aromatic hydroxyl groups is 1. The number of aliphatic hydroxyl groups is 6. The molecule has 18 heteroatoms. The van der Waals surface area contributed by atoms with Gasteiger partial charge in [0.1, 0.15) is 5.75 Å². The van der Waals surface area contributed by atoms with Gasteiger partial charge in [0.05, 0.1) is 54.3 Å². The van der Waals surface area contributed by atoms with Crippen molar-refractivity contribution >= 4 is 45.1 Å². The number of carbonyl (C=O) groups excluding carboxylic acids is 3. The predicted molar refractivity (Wildman–Crippen MR) is 334 cm³/mol. The van der Waals surface area contributed by atoms with Crippen molar-refractivity contribution in [2.75, 3.05) is 37.8 Å². The third kappa shape index (κ3) is 10.9. The molecule has 86 heavy (non-hydrogen) atoms. The molecule has 0 spiro atoms. The zero-order valence-electron chi connectivity index (χ0n) is 50.8. The van der Waals surface area contributed by atoms with Gasteiger partial charge in [-0.05, 0) is 166 Å². The van der Waals surface area contributed by atoms with E-state index in [9.17, 15) is 45.3 Å². The molecule has 7 aliphatic carbocycles. The maximum Gasteiger partial charge on any atom is 0.313 e. The topological polar surface area (TPSA) is 294 Å². The second-order valence-electron chi connectivity index (χ2n) is 28.4. The monoisotopic (exact) mass is 1220 g/mol. The van der Waals surface area contributed by atoms with Crippen molar-refractivity contribution in [1.29, 1.82) is 0 Å². The molecule has 2 aromatic rings. The van der Waals surface area contributed by atoms with Crippen molar-refractivity contribution in [3.05, 3.63) is 76.8 Å². The smallest absolute Gasteiger partial charge is 0.313 e. The van der Waals surface area contributed by atoms with E-state index in [-0.39, 0.29) is 135 Å². The minimum absolute atomic E-state index is 0.00179. The molecular formula is C68H95N5O11S2. The Kier molecular flexibility index (Phi) is 18.5. The molecule has 16 nitrogen and oxygen atoms in total. The summed E-state index contributed by atoms with van der Waals surface area (Å²) in [7, 11) is 3.12. The Hall–Kier alpha value is -4.32. The highest BCUT2D eigenvalue weighted by atomic mass is 33.1. The molecule has 2 aliphatic heterocycles. The van der Waals surface area contributed by atoms with Gasteiger partial charge in [-0.1, -0.05) is 91.3 Å².